The van der Waals surface area contributed by atoms with Gasteiger partial charge in [0.2, 0.25) is 11.9 Å². The van der Waals surface area contributed by atoms with Crippen molar-refractivity contribution in [3.05, 3.63) is 11.9 Å². The van der Waals surface area contributed by atoms with Gasteiger partial charge in [0.05, 0.1) is 6.10 Å². The number of nitrogens with zero attached hydrogens (tertiary/aromatic N) is 3. The summed E-state index contributed by atoms with van der Waals surface area (Å²) in [5.41, 5.74) is 0.719. The van der Waals surface area contributed by atoms with Crippen molar-refractivity contribution >= 4 is 17.5 Å². The molecule has 0 fully saturated rings. The second kappa shape index (κ2) is 7.99. The van der Waals surface area contributed by atoms with Crippen LogP contribution in [-0.4, -0.2) is 44.9 Å². The molecule has 0 saturated heterocycles. The number of hydrogen-bond donors (Lipinski definition) is 3. The summed E-state index contributed by atoms with van der Waals surface area (Å²) in [5, 5.41) is 15.1. The second-order valence-electron chi connectivity index (χ2n) is 6.64. The van der Waals surface area contributed by atoms with Crippen molar-refractivity contribution in [3.8, 4) is 0 Å². The van der Waals surface area contributed by atoms with Crippen LogP contribution in [0.5, 0.6) is 0 Å². The Hall–Kier alpha value is -1.90. The summed E-state index contributed by atoms with van der Waals surface area (Å²) in [6.45, 7) is 5.59. The Bertz CT molecular complexity index is 618. The molecule has 140 valence electrons. The fourth-order valence-corrected chi connectivity index (χ4v) is 2.32. The number of alkyl halides is 3. The molecule has 1 heterocycles. The van der Waals surface area contributed by atoms with Crippen LogP contribution in [0, 0.1) is 5.92 Å². The lowest BCUT2D eigenvalue weighted by molar-refractivity contribution is -0.138. The Morgan fingerprint density at radius 2 is 1.88 bits per heavy atom. The molecule has 9 heteroatoms. The molecule has 6 nitrogen and oxygen atoms in total. The minimum atomic E-state index is -4.40. The summed E-state index contributed by atoms with van der Waals surface area (Å²) >= 11 is 0. The Kier molecular flexibility index (Phi) is 6.21. The van der Waals surface area contributed by atoms with Gasteiger partial charge in [0.25, 0.3) is 0 Å². The van der Waals surface area contributed by atoms with Crippen molar-refractivity contribution < 1.29 is 18.3 Å². The number of rotatable bonds is 6. The maximum atomic E-state index is 12.8. The number of anilines is 2. The highest BCUT2D eigenvalue weighted by atomic mass is 19.4. The molecular formula is C16H24F3N5O. The Morgan fingerprint density at radius 1 is 1.20 bits per heavy atom. The number of halogens is 3. The van der Waals surface area contributed by atoms with Crippen LogP contribution in [0.15, 0.2) is 6.08 Å². The minimum Gasteiger partial charge on any atom is -0.389 e. The molecule has 0 spiro atoms. The largest absolute Gasteiger partial charge is 0.408 e. The number of nitrogens with one attached hydrogen (secondary N) is 2. The van der Waals surface area contributed by atoms with Crippen molar-refractivity contribution in [1.29, 1.82) is 0 Å². The minimum absolute atomic E-state index is 0.137. The van der Waals surface area contributed by atoms with Crippen LogP contribution < -0.4 is 10.6 Å². The van der Waals surface area contributed by atoms with Gasteiger partial charge in [-0.15, -0.1) is 0 Å². The molecule has 0 aromatic carbocycles. The highest BCUT2D eigenvalue weighted by Gasteiger charge is 2.36. The summed E-state index contributed by atoms with van der Waals surface area (Å²) in [6, 6.07) is -1.79. The van der Waals surface area contributed by atoms with E-state index in [4.69, 9.17) is 0 Å². The van der Waals surface area contributed by atoms with Gasteiger partial charge in [-0.3, -0.25) is 0 Å². The first-order valence-electron chi connectivity index (χ1n) is 8.37. The zero-order chi connectivity index (χ0) is 18.6. The lowest BCUT2D eigenvalue weighted by Gasteiger charge is -2.20. The van der Waals surface area contributed by atoms with Crippen LogP contribution in [0.2, 0.25) is 0 Å². The van der Waals surface area contributed by atoms with E-state index in [1.54, 1.807) is 6.08 Å². The highest BCUT2D eigenvalue weighted by molar-refractivity contribution is 5.63. The smallest absolute Gasteiger partial charge is 0.389 e. The van der Waals surface area contributed by atoms with Gasteiger partial charge in [-0.2, -0.15) is 28.1 Å². The molecule has 0 radical (unpaired) electrons. The van der Waals surface area contributed by atoms with Crippen molar-refractivity contribution in [2.45, 2.75) is 58.4 Å². The summed E-state index contributed by atoms with van der Waals surface area (Å²) in [5.74, 6) is 0.692. The van der Waals surface area contributed by atoms with Crippen LogP contribution in [0.3, 0.4) is 0 Å². The van der Waals surface area contributed by atoms with E-state index < -0.39 is 18.3 Å². The van der Waals surface area contributed by atoms with E-state index >= 15 is 0 Å². The van der Waals surface area contributed by atoms with Crippen LogP contribution >= 0.6 is 0 Å². The lowest BCUT2D eigenvalue weighted by atomic mass is 9.97. The topological polar surface area (TPSA) is 83.0 Å². The first-order valence-corrected chi connectivity index (χ1v) is 8.37. The van der Waals surface area contributed by atoms with Gasteiger partial charge in [0.1, 0.15) is 6.04 Å². The van der Waals surface area contributed by atoms with Crippen molar-refractivity contribution in [3.63, 3.8) is 0 Å². The Labute approximate surface area is 145 Å². The first kappa shape index (κ1) is 19.4. The number of hydrogen-bond acceptors (Lipinski definition) is 6. The van der Waals surface area contributed by atoms with Gasteiger partial charge in [-0.25, -0.2) is 0 Å². The van der Waals surface area contributed by atoms with E-state index in [2.05, 4.69) is 25.6 Å². The van der Waals surface area contributed by atoms with Crippen molar-refractivity contribution in [2.24, 2.45) is 5.92 Å². The summed E-state index contributed by atoms with van der Waals surface area (Å²) in [6.07, 6.45) is -1.24. The molecule has 1 aliphatic carbocycles. The van der Waals surface area contributed by atoms with E-state index in [-0.39, 0.29) is 17.7 Å². The molecule has 1 aromatic heterocycles. The van der Waals surface area contributed by atoms with Gasteiger partial charge >= 0.3 is 6.18 Å². The molecule has 3 N–H and O–H groups in total. The highest BCUT2D eigenvalue weighted by Crippen LogP contribution is 2.27. The monoisotopic (exact) mass is 359 g/mol. The van der Waals surface area contributed by atoms with Gasteiger partial charge in [-0.1, -0.05) is 13.8 Å². The van der Waals surface area contributed by atoms with Crippen LogP contribution in [0.1, 0.15) is 45.9 Å². The van der Waals surface area contributed by atoms with E-state index in [0.29, 0.717) is 25.3 Å². The molecular weight excluding hydrogens is 335 g/mol. The molecule has 0 bridgehead atoms. The predicted octanol–water partition coefficient (Wildman–Crippen LogP) is 3.23. The zero-order valence-corrected chi connectivity index (χ0v) is 14.6. The van der Waals surface area contributed by atoms with E-state index in [0.717, 1.165) is 18.9 Å². The molecule has 0 saturated carbocycles. The maximum Gasteiger partial charge on any atom is 0.408 e. The van der Waals surface area contributed by atoms with E-state index in [1.165, 1.54) is 0 Å². The van der Waals surface area contributed by atoms with Crippen LogP contribution in [0.4, 0.5) is 25.1 Å². The summed E-state index contributed by atoms with van der Waals surface area (Å²) in [4.78, 5) is 12.5. The average Bonchev–Trinajstić information content (AvgIpc) is 2.52. The molecule has 1 unspecified atom stereocenters. The second-order valence-corrected chi connectivity index (χ2v) is 6.64. The third-order valence-electron chi connectivity index (χ3n) is 3.77. The van der Waals surface area contributed by atoms with Crippen molar-refractivity contribution in [2.75, 3.05) is 17.2 Å². The quantitative estimate of drug-likeness (QED) is 0.723. The Morgan fingerprint density at radius 3 is 2.48 bits per heavy atom. The van der Waals surface area contributed by atoms with Crippen LogP contribution in [-0.2, 0) is 0 Å². The molecule has 2 atom stereocenters. The normalized spacial score (nSPS) is 19.5. The number of allylic oxidation sites excluding steroid dienone is 1. The third kappa shape index (κ3) is 5.84. The average molecular weight is 359 g/mol. The molecule has 1 aromatic rings. The van der Waals surface area contributed by atoms with Crippen molar-refractivity contribution in [1.82, 2.24) is 15.0 Å². The summed E-state index contributed by atoms with van der Waals surface area (Å²) < 4.78 is 38.4. The molecule has 1 aliphatic rings. The van der Waals surface area contributed by atoms with Crippen LogP contribution in [0.25, 0.3) is 5.57 Å². The fourth-order valence-electron chi connectivity index (χ4n) is 2.32. The standard InChI is InChI=1S/C16H24F3N5O/c1-9(2)8-20-14-22-13(11-5-4-6-12(25)7-11)23-15(24-14)21-10(3)16(17,18)19/h7,9-10,12,25H,4-6,8H2,1-3H3,(H2,20,21,22,23,24)/t10-,12?/m1/s1. The van der Waals surface area contributed by atoms with Gasteiger partial charge in [0, 0.05) is 6.54 Å². The van der Waals surface area contributed by atoms with Gasteiger partial charge in [0.15, 0.2) is 5.82 Å². The molecule has 0 amide bonds. The van der Waals surface area contributed by atoms with Gasteiger partial charge in [-0.05, 0) is 43.8 Å². The molecule has 25 heavy (non-hydrogen) atoms. The fraction of sp³-hybridized carbons (Fsp3) is 0.688. The maximum absolute atomic E-state index is 12.8. The molecule has 2 rings (SSSR count). The lowest BCUT2D eigenvalue weighted by Crippen LogP contribution is -2.34. The summed E-state index contributed by atoms with van der Waals surface area (Å²) in [7, 11) is 0. The number of aliphatic hydroxyl groups excluding tert-OH is 1. The Balaban J connectivity index is 2.31. The number of aromatic nitrogens is 3. The zero-order valence-electron chi connectivity index (χ0n) is 14.6. The van der Waals surface area contributed by atoms with E-state index in [1.807, 2.05) is 13.8 Å². The van der Waals surface area contributed by atoms with Gasteiger partial charge < -0.3 is 15.7 Å². The third-order valence-corrected chi connectivity index (χ3v) is 3.77. The SMILES string of the molecule is CC(C)CNc1nc(N[C@H](C)C(F)(F)F)nc(C2=CC(O)CCC2)n1. The molecule has 0 aliphatic heterocycles. The van der Waals surface area contributed by atoms with E-state index in [9.17, 15) is 18.3 Å². The predicted molar refractivity (Wildman–Crippen MR) is 90.1 cm³/mol. The number of aliphatic hydroxyl groups is 1. The first-order chi connectivity index (χ1) is 11.6.